The number of halogens is 1. The quantitative estimate of drug-likeness (QED) is 0.342. The zero-order valence-electron chi connectivity index (χ0n) is 21.9. The van der Waals surface area contributed by atoms with Gasteiger partial charge in [-0.1, -0.05) is 64.5 Å². The summed E-state index contributed by atoms with van der Waals surface area (Å²) in [6, 6.07) is 20.5. The van der Waals surface area contributed by atoms with Crippen LogP contribution in [0.5, 0.6) is 11.5 Å². The van der Waals surface area contributed by atoms with Gasteiger partial charge in [0.15, 0.2) is 11.2 Å². The van der Waals surface area contributed by atoms with Crippen molar-refractivity contribution < 1.29 is 24.5 Å². The molecule has 8 nitrogen and oxygen atoms in total. The molecule has 3 heterocycles. The number of hydrogen-bond donors (Lipinski definition) is 2. The molecule has 1 fully saturated rings. The summed E-state index contributed by atoms with van der Waals surface area (Å²) in [7, 11) is 3.16. The number of carbonyl (C=O) groups excluding carboxylic acids is 1. The predicted molar refractivity (Wildman–Crippen MR) is 151 cm³/mol. The van der Waals surface area contributed by atoms with Crippen LogP contribution in [-0.2, 0) is 22.5 Å². The first-order chi connectivity index (χ1) is 19.3. The van der Waals surface area contributed by atoms with Gasteiger partial charge in [-0.2, -0.15) is 0 Å². The molecule has 0 radical (unpaired) electrons. The highest BCUT2D eigenvalue weighted by molar-refractivity contribution is 9.10. The van der Waals surface area contributed by atoms with Gasteiger partial charge in [-0.15, -0.1) is 0 Å². The van der Waals surface area contributed by atoms with E-state index >= 15 is 0 Å². The fraction of sp³-hybridized carbons (Fsp3) is 0.258. The molecule has 2 aromatic carbocycles. The summed E-state index contributed by atoms with van der Waals surface area (Å²) < 4.78 is 13.2. The Hall–Kier alpha value is -3.79. The molecule has 0 saturated heterocycles. The summed E-state index contributed by atoms with van der Waals surface area (Å²) >= 11 is 3.50. The van der Waals surface area contributed by atoms with Crippen molar-refractivity contribution in [1.29, 1.82) is 0 Å². The van der Waals surface area contributed by atoms with E-state index in [4.69, 9.17) is 9.47 Å². The number of aromatic nitrogens is 2. The summed E-state index contributed by atoms with van der Waals surface area (Å²) in [6.45, 7) is 0.284. The van der Waals surface area contributed by atoms with E-state index in [1.165, 1.54) is 19.5 Å². The highest BCUT2D eigenvalue weighted by Crippen LogP contribution is 2.69. The Balaban J connectivity index is 1.59. The van der Waals surface area contributed by atoms with Gasteiger partial charge in [0, 0.05) is 36.4 Å². The maximum Gasteiger partial charge on any atom is 0.229 e. The van der Waals surface area contributed by atoms with Gasteiger partial charge >= 0.3 is 0 Å². The Morgan fingerprint density at radius 1 is 1.05 bits per heavy atom. The summed E-state index contributed by atoms with van der Waals surface area (Å²) in [5, 5.41) is 25.1. The molecule has 2 N–H and O–H groups in total. The fourth-order valence-corrected chi connectivity index (χ4v) is 6.73. The molecule has 1 amide bonds. The molecule has 6 rings (SSSR count). The molecule has 5 atom stereocenters. The lowest BCUT2D eigenvalue weighted by Crippen LogP contribution is -2.52. The third kappa shape index (κ3) is 3.76. The molecule has 4 aromatic rings. The molecule has 1 aliphatic heterocycles. The van der Waals surface area contributed by atoms with E-state index in [2.05, 4.69) is 25.9 Å². The topological polar surface area (TPSA) is 105 Å². The van der Waals surface area contributed by atoms with Crippen molar-refractivity contribution in [2.45, 2.75) is 29.8 Å². The maximum absolute atomic E-state index is 14.3. The van der Waals surface area contributed by atoms with E-state index in [-0.39, 0.29) is 23.8 Å². The highest BCUT2D eigenvalue weighted by Gasteiger charge is 2.78. The molecule has 2 aromatic heterocycles. The zero-order chi connectivity index (χ0) is 28.1. The lowest BCUT2D eigenvalue weighted by molar-refractivity contribution is -0.156. The van der Waals surface area contributed by atoms with Crippen LogP contribution in [0.3, 0.4) is 0 Å². The predicted octanol–water partition coefficient (Wildman–Crippen LogP) is 4.16. The summed E-state index contributed by atoms with van der Waals surface area (Å²) in [6.07, 6.45) is 4.81. The van der Waals surface area contributed by atoms with Crippen molar-refractivity contribution in [2.75, 3.05) is 14.2 Å². The lowest BCUT2D eigenvalue weighted by atomic mass is 9.70. The molecular weight excluding hydrogens is 574 g/mol. The first kappa shape index (κ1) is 26.4. The van der Waals surface area contributed by atoms with Crippen LogP contribution in [0.4, 0.5) is 0 Å². The summed E-state index contributed by atoms with van der Waals surface area (Å²) in [5.74, 6) is -1.62. The van der Waals surface area contributed by atoms with Crippen LogP contribution >= 0.6 is 15.9 Å². The SMILES string of the molecule is COc1cncc2c1C1(O)C(O)C(C(=O)N(C)Cc3cccnc3)C(c3ccccc3)C1(c1ccc(Br)cc1)O2. The van der Waals surface area contributed by atoms with Gasteiger partial charge in [0.05, 0.1) is 31.0 Å². The minimum Gasteiger partial charge on any atom is -0.495 e. The second-order valence-electron chi connectivity index (χ2n) is 10.2. The van der Waals surface area contributed by atoms with Crippen LogP contribution in [0.15, 0.2) is 96.0 Å². The fourth-order valence-electron chi connectivity index (χ4n) is 6.47. The number of fused-ring (bicyclic) bond motifs is 3. The van der Waals surface area contributed by atoms with E-state index < -0.39 is 29.1 Å². The van der Waals surface area contributed by atoms with Gasteiger partial charge in [-0.3, -0.25) is 14.8 Å². The maximum atomic E-state index is 14.3. The van der Waals surface area contributed by atoms with Crippen LogP contribution < -0.4 is 9.47 Å². The molecule has 5 unspecified atom stereocenters. The van der Waals surface area contributed by atoms with E-state index in [1.54, 1.807) is 24.3 Å². The number of hydrogen-bond acceptors (Lipinski definition) is 7. The number of rotatable bonds is 6. The Kier molecular flexibility index (Phi) is 6.60. The van der Waals surface area contributed by atoms with Gasteiger partial charge in [-0.05, 0) is 34.9 Å². The van der Waals surface area contributed by atoms with Gasteiger partial charge in [0.25, 0.3) is 0 Å². The molecule has 1 aliphatic carbocycles. The van der Waals surface area contributed by atoms with Crippen LogP contribution in [0.25, 0.3) is 0 Å². The Bertz CT molecular complexity index is 1540. The monoisotopic (exact) mass is 601 g/mol. The second kappa shape index (κ2) is 9.99. The Labute approximate surface area is 240 Å². The van der Waals surface area contributed by atoms with Crippen molar-refractivity contribution in [2.24, 2.45) is 5.92 Å². The van der Waals surface area contributed by atoms with E-state index in [0.717, 1.165) is 15.6 Å². The van der Waals surface area contributed by atoms with Crippen molar-refractivity contribution in [3.63, 3.8) is 0 Å². The van der Waals surface area contributed by atoms with Gasteiger partial charge in [0.2, 0.25) is 5.91 Å². The van der Waals surface area contributed by atoms with Crippen molar-refractivity contribution in [3.05, 3.63) is 118 Å². The minimum absolute atomic E-state index is 0.265. The van der Waals surface area contributed by atoms with E-state index in [1.807, 2.05) is 66.7 Å². The summed E-state index contributed by atoms with van der Waals surface area (Å²) in [4.78, 5) is 24.3. The number of ether oxygens (including phenoxy) is 2. The van der Waals surface area contributed by atoms with Crippen LogP contribution in [0, 0.1) is 5.92 Å². The van der Waals surface area contributed by atoms with Gasteiger partial charge in [-0.25, -0.2) is 0 Å². The molecular formula is C31H28BrN3O5. The third-order valence-corrected chi connectivity index (χ3v) is 8.64. The number of aliphatic hydroxyl groups is 2. The first-order valence-electron chi connectivity index (χ1n) is 12.9. The van der Waals surface area contributed by atoms with Crippen LogP contribution in [-0.4, -0.2) is 51.2 Å². The van der Waals surface area contributed by atoms with E-state index in [0.29, 0.717) is 11.3 Å². The van der Waals surface area contributed by atoms with Crippen molar-refractivity contribution in [1.82, 2.24) is 14.9 Å². The Morgan fingerprint density at radius 2 is 1.80 bits per heavy atom. The molecule has 204 valence electrons. The Morgan fingerprint density at radius 3 is 2.48 bits per heavy atom. The lowest BCUT2D eigenvalue weighted by Gasteiger charge is -2.41. The average Bonchev–Trinajstić information content (AvgIpc) is 3.36. The van der Waals surface area contributed by atoms with Crippen LogP contribution in [0.2, 0.25) is 0 Å². The molecule has 0 bridgehead atoms. The normalized spacial score (nSPS) is 26.5. The molecule has 9 heteroatoms. The molecule has 0 spiro atoms. The average molecular weight is 602 g/mol. The first-order valence-corrected chi connectivity index (χ1v) is 13.7. The molecule has 40 heavy (non-hydrogen) atoms. The zero-order valence-corrected chi connectivity index (χ0v) is 23.5. The molecule has 1 saturated carbocycles. The van der Waals surface area contributed by atoms with Gasteiger partial charge in [0.1, 0.15) is 17.6 Å². The number of pyridine rings is 2. The minimum atomic E-state index is -2.06. The second-order valence-corrected chi connectivity index (χ2v) is 11.2. The van der Waals surface area contributed by atoms with Crippen LogP contribution in [0.1, 0.15) is 28.2 Å². The largest absolute Gasteiger partial charge is 0.495 e. The molecule has 2 aliphatic rings. The summed E-state index contributed by atoms with van der Waals surface area (Å²) in [5.41, 5.74) is -1.17. The number of methoxy groups -OCH3 is 1. The van der Waals surface area contributed by atoms with E-state index in [9.17, 15) is 15.0 Å². The number of aliphatic hydroxyl groups excluding tert-OH is 1. The third-order valence-electron chi connectivity index (χ3n) is 8.12. The number of carbonyl (C=O) groups is 1. The van der Waals surface area contributed by atoms with Crippen molar-refractivity contribution in [3.8, 4) is 11.5 Å². The smallest absolute Gasteiger partial charge is 0.229 e. The highest BCUT2D eigenvalue weighted by atomic mass is 79.9. The number of benzene rings is 2. The number of amides is 1. The number of nitrogens with zero attached hydrogens (tertiary/aromatic N) is 3. The van der Waals surface area contributed by atoms with Crippen molar-refractivity contribution >= 4 is 21.8 Å². The standard InChI is InChI=1S/C31H28BrN3O5/c1-35(18-19-7-6-14-33-15-19)29(37)25-26(20-8-4-3-5-9-20)31(21-10-12-22(32)13-11-21)30(38,28(25)36)27-23(39-2)16-34-17-24(27)40-31/h3-17,25-26,28,36,38H,18H2,1-2H3. The van der Waals surface area contributed by atoms with Gasteiger partial charge < -0.3 is 24.6 Å².